The number of rotatable bonds is 7. The fourth-order valence-corrected chi connectivity index (χ4v) is 4.60. The van der Waals surface area contributed by atoms with Crippen molar-refractivity contribution in [3.05, 3.63) is 90.6 Å². The molecule has 0 atom stereocenters. The van der Waals surface area contributed by atoms with Crippen molar-refractivity contribution in [3.8, 4) is 22.8 Å². The predicted octanol–water partition coefficient (Wildman–Crippen LogP) is 5.39. The van der Waals surface area contributed by atoms with Crippen LogP contribution < -0.4 is 4.74 Å². The predicted molar refractivity (Wildman–Crippen MR) is 131 cm³/mol. The lowest BCUT2D eigenvalue weighted by Gasteiger charge is -2.10. The summed E-state index contributed by atoms with van der Waals surface area (Å²) in [4.78, 5) is 3.31. The number of aromatic amines is 1. The van der Waals surface area contributed by atoms with Gasteiger partial charge in [0.25, 0.3) is 0 Å². The summed E-state index contributed by atoms with van der Waals surface area (Å²) in [6.45, 7) is 0. The zero-order valence-corrected chi connectivity index (χ0v) is 18.7. The fraction of sp³-hybridized carbons (Fsp3) is 0.0800. The molecular formula is C25H21N5O2S. The van der Waals surface area contributed by atoms with Crippen LogP contribution in [0.3, 0.4) is 0 Å². The number of nitrogens with one attached hydrogen (secondary N) is 1. The van der Waals surface area contributed by atoms with Crippen molar-refractivity contribution in [1.82, 2.24) is 19.7 Å². The molecule has 2 aromatic heterocycles. The van der Waals surface area contributed by atoms with Gasteiger partial charge in [0.05, 0.1) is 12.8 Å². The fourth-order valence-electron chi connectivity index (χ4n) is 3.69. The molecule has 2 heterocycles. The molecule has 0 aliphatic carbocycles. The Labute approximate surface area is 194 Å². The SMILES string of the molecule is COc1ccc(/C(CSc2nnc(-c3c[nH]c4ccccc34)n2-c2ccccc2)=N/O)cc1. The molecule has 0 amide bonds. The van der Waals surface area contributed by atoms with Gasteiger partial charge in [0.1, 0.15) is 5.75 Å². The van der Waals surface area contributed by atoms with E-state index in [1.807, 2.05) is 83.6 Å². The number of benzene rings is 3. The van der Waals surface area contributed by atoms with Crippen LogP contribution in [-0.4, -0.2) is 43.5 Å². The number of aromatic nitrogens is 4. The van der Waals surface area contributed by atoms with Crippen molar-refractivity contribution in [2.45, 2.75) is 5.16 Å². The topological polar surface area (TPSA) is 88.3 Å². The molecule has 5 aromatic rings. The van der Waals surface area contributed by atoms with Gasteiger partial charge in [0.15, 0.2) is 11.0 Å². The summed E-state index contributed by atoms with van der Waals surface area (Å²) in [6.07, 6.45) is 1.96. The average Bonchev–Trinajstić information content (AvgIpc) is 3.49. The highest BCUT2D eigenvalue weighted by molar-refractivity contribution is 7.99. The maximum absolute atomic E-state index is 9.64. The lowest BCUT2D eigenvalue weighted by Crippen LogP contribution is -2.06. The second kappa shape index (κ2) is 9.22. The number of hydrogen-bond donors (Lipinski definition) is 2. The van der Waals surface area contributed by atoms with Crippen molar-refractivity contribution in [3.63, 3.8) is 0 Å². The summed E-state index contributed by atoms with van der Waals surface area (Å²) < 4.78 is 7.24. The third kappa shape index (κ3) is 4.08. The van der Waals surface area contributed by atoms with E-state index < -0.39 is 0 Å². The standard InChI is InChI=1S/C25H21N5O2S/c1-32-19-13-11-17(12-14-19)23(29-31)16-33-25-28-27-24(30(25)18-7-3-2-4-8-18)21-15-26-22-10-6-5-9-20(21)22/h2-15,26,31H,16H2,1H3/b29-23+. The quantitative estimate of drug-likeness (QED) is 0.149. The molecule has 0 radical (unpaired) electrons. The molecule has 0 fully saturated rings. The molecule has 0 spiro atoms. The summed E-state index contributed by atoms with van der Waals surface area (Å²) in [7, 11) is 1.62. The van der Waals surface area contributed by atoms with E-state index in [4.69, 9.17) is 4.74 Å². The van der Waals surface area contributed by atoms with E-state index in [-0.39, 0.29) is 0 Å². The number of fused-ring (bicyclic) bond motifs is 1. The second-order valence-corrected chi connectivity index (χ2v) is 8.23. The second-order valence-electron chi connectivity index (χ2n) is 7.29. The molecule has 0 unspecified atom stereocenters. The Morgan fingerprint density at radius 3 is 2.52 bits per heavy atom. The van der Waals surface area contributed by atoms with E-state index in [1.165, 1.54) is 11.8 Å². The Bertz CT molecular complexity index is 1410. The normalized spacial score (nSPS) is 11.7. The molecule has 0 bridgehead atoms. The first-order valence-electron chi connectivity index (χ1n) is 10.3. The van der Waals surface area contributed by atoms with E-state index in [1.54, 1.807) is 7.11 Å². The van der Waals surface area contributed by atoms with Crippen LogP contribution in [-0.2, 0) is 0 Å². The van der Waals surface area contributed by atoms with Gasteiger partial charge in [-0.3, -0.25) is 4.57 Å². The minimum atomic E-state index is 0.418. The van der Waals surface area contributed by atoms with E-state index >= 15 is 0 Å². The molecular weight excluding hydrogens is 434 g/mol. The van der Waals surface area contributed by atoms with Crippen LogP contribution in [0.1, 0.15) is 5.56 Å². The third-order valence-corrected chi connectivity index (χ3v) is 6.30. The van der Waals surface area contributed by atoms with E-state index in [2.05, 4.69) is 26.4 Å². The largest absolute Gasteiger partial charge is 0.497 e. The first-order valence-corrected chi connectivity index (χ1v) is 11.3. The van der Waals surface area contributed by atoms with Crippen LogP contribution in [0.25, 0.3) is 28.0 Å². The van der Waals surface area contributed by atoms with Gasteiger partial charge in [-0.05, 0) is 42.5 Å². The average molecular weight is 456 g/mol. The van der Waals surface area contributed by atoms with Gasteiger partial charge < -0.3 is 14.9 Å². The molecule has 8 heteroatoms. The first kappa shape index (κ1) is 20.8. The number of para-hydroxylation sites is 2. The molecule has 164 valence electrons. The van der Waals surface area contributed by atoms with Crippen LogP contribution in [0.2, 0.25) is 0 Å². The molecule has 3 aromatic carbocycles. The van der Waals surface area contributed by atoms with E-state index in [9.17, 15) is 5.21 Å². The van der Waals surface area contributed by atoms with E-state index in [0.29, 0.717) is 16.6 Å². The van der Waals surface area contributed by atoms with Crippen molar-refractivity contribution >= 4 is 28.4 Å². The van der Waals surface area contributed by atoms with Crippen LogP contribution in [0.5, 0.6) is 5.75 Å². The van der Waals surface area contributed by atoms with Crippen LogP contribution in [0.15, 0.2) is 95.4 Å². The van der Waals surface area contributed by atoms with Gasteiger partial charge in [-0.15, -0.1) is 10.2 Å². The minimum Gasteiger partial charge on any atom is -0.497 e. The summed E-state index contributed by atoms with van der Waals surface area (Å²) in [5, 5.41) is 24.0. The molecule has 2 N–H and O–H groups in total. The smallest absolute Gasteiger partial charge is 0.196 e. The number of oxime groups is 1. The van der Waals surface area contributed by atoms with Crippen LogP contribution in [0.4, 0.5) is 0 Å². The Morgan fingerprint density at radius 1 is 1.00 bits per heavy atom. The number of methoxy groups -OCH3 is 1. The monoisotopic (exact) mass is 455 g/mol. The summed E-state index contributed by atoms with van der Waals surface area (Å²) in [5.41, 5.74) is 4.32. The molecule has 0 aliphatic heterocycles. The highest BCUT2D eigenvalue weighted by Crippen LogP contribution is 2.32. The number of nitrogens with zero attached hydrogens (tertiary/aromatic N) is 4. The lowest BCUT2D eigenvalue weighted by molar-refractivity contribution is 0.319. The Morgan fingerprint density at radius 2 is 1.76 bits per heavy atom. The number of thioether (sulfide) groups is 1. The molecule has 7 nitrogen and oxygen atoms in total. The van der Waals surface area contributed by atoms with Gasteiger partial charge >= 0.3 is 0 Å². The number of H-pyrrole nitrogens is 1. The molecule has 5 rings (SSSR count). The lowest BCUT2D eigenvalue weighted by atomic mass is 10.1. The Hall–Kier alpha value is -4.04. The van der Waals surface area contributed by atoms with Crippen molar-refractivity contribution in [2.24, 2.45) is 5.16 Å². The highest BCUT2D eigenvalue weighted by atomic mass is 32.2. The molecule has 33 heavy (non-hydrogen) atoms. The molecule has 0 saturated carbocycles. The van der Waals surface area contributed by atoms with Gasteiger partial charge in [0.2, 0.25) is 0 Å². The Kier molecular flexibility index (Phi) is 5.82. The van der Waals surface area contributed by atoms with Crippen LogP contribution >= 0.6 is 11.8 Å². The summed E-state index contributed by atoms with van der Waals surface area (Å²) in [6, 6.07) is 25.5. The minimum absolute atomic E-state index is 0.418. The summed E-state index contributed by atoms with van der Waals surface area (Å²) >= 11 is 1.46. The van der Waals surface area contributed by atoms with Gasteiger partial charge in [-0.1, -0.05) is 53.3 Å². The van der Waals surface area contributed by atoms with Gasteiger partial charge in [0, 0.05) is 39.7 Å². The van der Waals surface area contributed by atoms with Crippen molar-refractivity contribution in [2.75, 3.05) is 12.9 Å². The summed E-state index contributed by atoms with van der Waals surface area (Å²) in [5.74, 6) is 1.91. The third-order valence-electron chi connectivity index (χ3n) is 5.36. The molecule has 0 aliphatic rings. The van der Waals surface area contributed by atoms with Gasteiger partial charge in [-0.25, -0.2) is 0 Å². The highest BCUT2D eigenvalue weighted by Gasteiger charge is 2.19. The first-order chi connectivity index (χ1) is 16.3. The van der Waals surface area contributed by atoms with Crippen LogP contribution in [0, 0.1) is 0 Å². The Balaban J connectivity index is 1.51. The maximum Gasteiger partial charge on any atom is 0.196 e. The zero-order chi connectivity index (χ0) is 22.6. The zero-order valence-electron chi connectivity index (χ0n) is 17.8. The number of ether oxygens (including phenoxy) is 1. The van der Waals surface area contributed by atoms with Crippen molar-refractivity contribution in [1.29, 1.82) is 0 Å². The maximum atomic E-state index is 9.64. The van der Waals surface area contributed by atoms with Crippen molar-refractivity contribution < 1.29 is 9.94 Å². The van der Waals surface area contributed by atoms with E-state index in [0.717, 1.165) is 39.3 Å². The number of hydrogen-bond acceptors (Lipinski definition) is 6. The van der Waals surface area contributed by atoms with Gasteiger partial charge in [-0.2, -0.15) is 0 Å². The molecule has 0 saturated heterocycles.